The van der Waals surface area contributed by atoms with Crippen LogP contribution in [0.25, 0.3) is 6.08 Å². The van der Waals surface area contributed by atoms with E-state index in [0.717, 1.165) is 25.2 Å². The average Bonchev–Trinajstić information content (AvgIpc) is 2.79. The van der Waals surface area contributed by atoms with E-state index in [2.05, 4.69) is 11.0 Å². The van der Waals surface area contributed by atoms with E-state index >= 15 is 0 Å². The van der Waals surface area contributed by atoms with Gasteiger partial charge in [-0.3, -0.25) is 4.90 Å². The van der Waals surface area contributed by atoms with Gasteiger partial charge in [0.15, 0.2) is 0 Å². The molecule has 0 radical (unpaired) electrons. The molecule has 0 aliphatic carbocycles. The van der Waals surface area contributed by atoms with Crippen molar-refractivity contribution in [1.29, 1.82) is 0 Å². The Morgan fingerprint density at radius 3 is 2.32 bits per heavy atom. The summed E-state index contributed by atoms with van der Waals surface area (Å²) in [5, 5.41) is 0. The zero-order valence-corrected chi connectivity index (χ0v) is 14.9. The van der Waals surface area contributed by atoms with Gasteiger partial charge < -0.3 is 9.47 Å². The standard InChI is InChI=1S/C20H25NO4/c1-20(2)24-18(22)17(19(23)25-20)13-15-8-7-9-16(12-15)14-21-10-5-3-4-6-11-21/h7-9,12-13H,3-6,10-11,14H2,1-2H3. The summed E-state index contributed by atoms with van der Waals surface area (Å²) in [5.74, 6) is -2.49. The van der Waals surface area contributed by atoms with Crippen molar-refractivity contribution in [3.63, 3.8) is 0 Å². The lowest BCUT2D eigenvalue weighted by Gasteiger charge is -2.29. The first-order valence-corrected chi connectivity index (χ1v) is 8.93. The van der Waals surface area contributed by atoms with Crippen LogP contribution in [-0.4, -0.2) is 35.7 Å². The molecule has 0 bridgehead atoms. The summed E-state index contributed by atoms with van der Waals surface area (Å²) in [6.07, 6.45) is 6.66. The lowest BCUT2D eigenvalue weighted by molar-refractivity contribution is -0.222. The van der Waals surface area contributed by atoms with Gasteiger partial charge in [0.05, 0.1) is 0 Å². The number of esters is 2. The predicted octanol–water partition coefficient (Wildman–Crippen LogP) is 3.28. The summed E-state index contributed by atoms with van der Waals surface area (Å²) < 4.78 is 10.3. The molecule has 25 heavy (non-hydrogen) atoms. The molecule has 0 unspecified atom stereocenters. The van der Waals surface area contributed by atoms with Crippen molar-refractivity contribution in [1.82, 2.24) is 4.90 Å². The zero-order valence-electron chi connectivity index (χ0n) is 14.9. The monoisotopic (exact) mass is 343 g/mol. The van der Waals surface area contributed by atoms with Crippen LogP contribution >= 0.6 is 0 Å². The molecule has 0 amide bonds. The van der Waals surface area contributed by atoms with Crippen LogP contribution in [0.4, 0.5) is 0 Å². The molecule has 1 aromatic carbocycles. The summed E-state index contributed by atoms with van der Waals surface area (Å²) in [4.78, 5) is 26.6. The van der Waals surface area contributed by atoms with Gasteiger partial charge in [0, 0.05) is 20.4 Å². The van der Waals surface area contributed by atoms with Gasteiger partial charge >= 0.3 is 11.9 Å². The Labute approximate surface area is 148 Å². The van der Waals surface area contributed by atoms with E-state index in [1.807, 2.05) is 18.2 Å². The van der Waals surface area contributed by atoms with Crippen molar-refractivity contribution in [2.75, 3.05) is 13.1 Å². The fraction of sp³-hybridized carbons (Fsp3) is 0.500. The summed E-state index contributed by atoms with van der Waals surface area (Å²) >= 11 is 0. The first kappa shape index (κ1) is 17.7. The number of cyclic esters (lactones) is 2. The molecule has 0 atom stereocenters. The summed E-state index contributed by atoms with van der Waals surface area (Å²) in [6, 6.07) is 7.91. The molecular weight excluding hydrogens is 318 g/mol. The molecule has 2 aliphatic heterocycles. The van der Waals surface area contributed by atoms with Gasteiger partial charge in [0.1, 0.15) is 5.57 Å². The number of ether oxygens (including phenoxy) is 2. The van der Waals surface area contributed by atoms with Crippen molar-refractivity contribution in [3.05, 3.63) is 41.0 Å². The third-order valence-corrected chi connectivity index (χ3v) is 4.48. The quantitative estimate of drug-likeness (QED) is 0.479. The van der Waals surface area contributed by atoms with E-state index in [1.165, 1.54) is 31.2 Å². The fourth-order valence-corrected chi connectivity index (χ4v) is 3.28. The predicted molar refractivity (Wildman–Crippen MR) is 94.4 cm³/mol. The van der Waals surface area contributed by atoms with Gasteiger partial charge in [-0.25, -0.2) is 9.59 Å². The Kier molecular flexibility index (Phi) is 5.23. The van der Waals surface area contributed by atoms with E-state index < -0.39 is 17.7 Å². The largest absolute Gasteiger partial charge is 0.419 e. The number of carbonyl (C=O) groups excluding carboxylic acids is 2. The number of rotatable bonds is 3. The molecule has 2 aliphatic rings. The maximum atomic E-state index is 12.1. The Morgan fingerprint density at radius 1 is 1.04 bits per heavy atom. The third-order valence-electron chi connectivity index (χ3n) is 4.48. The second-order valence-electron chi connectivity index (χ2n) is 7.17. The first-order valence-electron chi connectivity index (χ1n) is 8.93. The van der Waals surface area contributed by atoms with Crippen LogP contribution in [0.3, 0.4) is 0 Å². The summed E-state index contributed by atoms with van der Waals surface area (Å²) in [6.45, 7) is 6.22. The van der Waals surface area contributed by atoms with E-state index in [-0.39, 0.29) is 5.57 Å². The molecule has 134 valence electrons. The molecule has 5 nitrogen and oxygen atoms in total. The van der Waals surface area contributed by atoms with Crippen LogP contribution in [0.1, 0.15) is 50.7 Å². The van der Waals surface area contributed by atoms with E-state index in [4.69, 9.17) is 9.47 Å². The molecule has 2 fully saturated rings. The number of benzene rings is 1. The highest BCUT2D eigenvalue weighted by atomic mass is 16.7. The minimum Gasteiger partial charge on any atom is -0.419 e. The Balaban J connectivity index is 1.75. The minimum absolute atomic E-state index is 0.0637. The first-order chi connectivity index (χ1) is 11.9. The number of hydrogen-bond acceptors (Lipinski definition) is 5. The van der Waals surface area contributed by atoms with Crippen LogP contribution in [0.15, 0.2) is 29.8 Å². The third kappa shape index (κ3) is 4.69. The molecule has 0 spiro atoms. The van der Waals surface area contributed by atoms with Crippen LogP contribution in [0.2, 0.25) is 0 Å². The summed E-state index contributed by atoms with van der Waals surface area (Å²) in [5.41, 5.74) is 1.91. The maximum absolute atomic E-state index is 12.1. The molecule has 0 aromatic heterocycles. The van der Waals surface area contributed by atoms with Gasteiger partial charge in [0.25, 0.3) is 5.79 Å². The molecule has 0 N–H and O–H groups in total. The van der Waals surface area contributed by atoms with Gasteiger partial charge in [-0.2, -0.15) is 0 Å². The Hall–Kier alpha value is -2.14. The van der Waals surface area contributed by atoms with Gasteiger partial charge in [0.2, 0.25) is 0 Å². The molecular formula is C20H25NO4. The van der Waals surface area contributed by atoms with Crippen LogP contribution in [0.5, 0.6) is 0 Å². The van der Waals surface area contributed by atoms with Gasteiger partial charge in [-0.15, -0.1) is 0 Å². The van der Waals surface area contributed by atoms with E-state index in [0.29, 0.717) is 0 Å². The van der Waals surface area contributed by atoms with Crippen molar-refractivity contribution in [2.24, 2.45) is 0 Å². The smallest absolute Gasteiger partial charge is 0.348 e. The van der Waals surface area contributed by atoms with Crippen molar-refractivity contribution in [3.8, 4) is 0 Å². The van der Waals surface area contributed by atoms with E-state index in [9.17, 15) is 9.59 Å². The van der Waals surface area contributed by atoms with Crippen molar-refractivity contribution >= 4 is 18.0 Å². The minimum atomic E-state index is -1.21. The number of nitrogens with zero attached hydrogens (tertiary/aromatic N) is 1. The highest BCUT2D eigenvalue weighted by Crippen LogP contribution is 2.24. The fourth-order valence-electron chi connectivity index (χ4n) is 3.28. The molecule has 3 rings (SSSR count). The van der Waals surface area contributed by atoms with E-state index in [1.54, 1.807) is 19.9 Å². The molecule has 2 saturated heterocycles. The number of hydrogen-bond donors (Lipinski definition) is 0. The molecule has 0 saturated carbocycles. The lowest BCUT2D eigenvalue weighted by atomic mass is 10.1. The highest BCUT2D eigenvalue weighted by Gasteiger charge is 2.38. The number of carbonyl (C=O) groups is 2. The van der Waals surface area contributed by atoms with Crippen LogP contribution < -0.4 is 0 Å². The average molecular weight is 343 g/mol. The van der Waals surface area contributed by atoms with Crippen LogP contribution in [-0.2, 0) is 25.6 Å². The molecule has 5 heteroatoms. The zero-order chi connectivity index (χ0) is 17.9. The van der Waals surface area contributed by atoms with Crippen molar-refractivity contribution < 1.29 is 19.1 Å². The molecule has 2 heterocycles. The lowest BCUT2D eigenvalue weighted by Crippen LogP contribution is -2.41. The van der Waals surface area contributed by atoms with Crippen LogP contribution in [0, 0.1) is 0 Å². The second kappa shape index (κ2) is 7.40. The maximum Gasteiger partial charge on any atom is 0.348 e. The Morgan fingerprint density at radius 2 is 1.68 bits per heavy atom. The second-order valence-corrected chi connectivity index (χ2v) is 7.17. The SMILES string of the molecule is CC1(C)OC(=O)C(=Cc2cccc(CN3CCCCCC3)c2)C(=O)O1. The van der Waals surface area contributed by atoms with Gasteiger partial charge in [-0.1, -0.05) is 37.1 Å². The normalized spacial score (nSPS) is 21.3. The van der Waals surface area contributed by atoms with Crippen molar-refractivity contribution in [2.45, 2.75) is 51.9 Å². The topological polar surface area (TPSA) is 55.8 Å². The molecule has 1 aromatic rings. The van der Waals surface area contributed by atoms with Gasteiger partial charge in [-0.05, 0) is 43.1 Å². The number of likely N-dealkylation sites (tertiary alicyclic amines) is 1. The Bertz CT molecular complexity index is 663. The highest BCUT2D eigenvalue weighted by molar-refractivity contribution is 6.18. The summed E-state index contributed by atoms with van der Waals surface area (Å²) in [7, 11) is 0.